The molecule has 8 heteroatoms. The van der Waals surface area contributed by atoms with Crippen molar-refractivity contribution in [2.24, 2.45) is 7.05 Å². The molecule has 0 radical (unpaired) electrons. The van der Waals surface area contributed by atoms with Crippen molar-refractivity contribution < 1.29 is 8.42 Å². The van der Waals surface area contributed by atoms with Crippen molar-refractivity contribution in [2.45, 2.75) is 0 Å². The molecule has 0 unspecified atom stereocenters. The third kappa shape index (κ3) is 4.05. The summed E-state index contributed by atoms with van der Waals surface area (Å²) in [4.78, 5) is 4.28. The van der Waals surface area contributed by atoms with Gasteiger partial charge in [-0.1, -0.05) is 30.3 Å². The molecule has 23 heavy (non-hydrogen) atoms. The van der Waals surface area contributed by atoms with Crippen LogP contribution in [0.3, 0.4) is 0 Å². The number of aromatic nitrogens is 3. The maximum absolute atomic E-state index is 12.1. The van der Waals surface area contributed by atoms with Crippen LogP contribution in [0.5, 0.6) is 0 Å². The number of rotatable bonds is 5. The van der Waals surface area contributed by atoms with Crippen molar-refractivity contribution in [1.82, 2.24) is 14.8 Å². The van der Waals surface area contributed by atoms with Crippen LogP contribution in [0.25, 0.3) is 17.3 Å². The van der Waals surface area contributed by atoms with Gasteiger partial charge in [-0.05, 0) is 11.6 Å². The summed E-state index contributed by atoms with van der Waals surface area (Å²) in [6.07, 6.45) is 5.04. The van der Waals surface area contributed by atoms with Crippen LogP contribution in [0, 0.1) is 0 Å². The third-order valence-electron chi connectivity index (χ3n) is 2.97. The molecule has 118 valence electrons. The molecule has 0 fully saturated rings. The Bertz CT molecular complexity index is 927. The Kier molecular flexibility index (Phi) is 4.26. The van der Waals surface area contributed by atoms with Gasteiger partial charge in [-0.25, -0.2) is 13.4 Å². The van der Waals surface area contributed by atoms with Gasteiger partial charge in [0, 0.05) is 24.2 Å². The predicted molar refractivity (Wildman–Crippen MR) is 92.3 cm³/mol. The van der Waals surface area contributed by atoms with Gasteiger partial charge in [0.05, 0.1) is 17.3 Å². The summed E-state index contributed by atoms with van der Waals surface area (Å²) < 4.78 is 28.3. The van der Waals surface area contributed by atoms with E-state index in [9.17, 15) is 8.42 Å². The number of hydrogen-bond donors (Lipinski definition) is 1. The smallest absolute Gasteiger partial charge is 0.256 e. The highest BCUT2D eigenvalue weighted by Crippen LogP contribution is 2.25. The van der Waals surface area contributed by atoms with E-state index < -0.39 is 10.0 Å². The molecule has 6 nitrogen and oxygen atoms in total. The van der Waals surface area contributed by atoms with Gasteiger partial charge in [0.25, 0.3) is 10.0 Å². The zero-order valence-electron chi connectivity index (χ0n) is 12.2. The zero-order chi connectivity index (χ0) is 16.3. The second kappa shape index (κ2) is 6.35. The van der Waals surface area contributed by atoms with Crippen molar-refractivity contribution in [3.05, 3.63) is 59.1 Å². The normalized spacial score (nSPS) is 11.9. The van der Waals surface area contributed by atoms with Crippen LogP contribution < -0.4 is 4.72 Å². The molecule has 0 saturated heterocycles. The summed E-state index contributed by atoms with van der Waals surface area (Å²) in [6.45, 7) is 0. The first-order valence-corrected chi connectivity index (χ1v) is 9.15. The Morgan fingerprint density at radius 2 is 2.04 bits per heavy atom. The summed E-state index contributed by atoms with van der Waals surface area (Å²) >= 11 is 1.23. The fourth-order valence-corrected chi connectivity index (χ4v) is 3.69. The minimum absolute atomic E-state index is 0.321. The molecule has 0 aliphatic rings. The Morgan fingerprint density at radius 1 is 1.26 bits per heavy atom. The number of thiazole rings is 1. The lowest BCUT2D eigenvalue weighted by Crippen LogP contribution is -2.08. The molecule has 0 saturated carbocycles. The Balaban J connectivity index is 1.74. The van der Waals surface area contributed by atoms with E-state index in [0.717, 1.165) is 16.5 Å². The molecule has 2 heterocycles. The minimum atomic E-state index is -3.60. The standard InChI is InChI=1S/C15H14N4O2S2/c1-19-10-13(9-16-19)14-11-22-15(17-14)18-23(20,21)8-7-12-5-3-2-4-6-12/h2-11H,1H3,(H,17,18). The van der Waals surface area contributed by atoms with Gasteiger partial charge in [-0.15, -0.1) is 11.3 Å². The van der Waals surface area contributed by atoms with Crippen LogP contribution in [0.15, 0.2) is 53.5 Å². The van der Waals surface area contributed by atoms with E-state index in [1.807, 2.05) is 43.6 Å². The number of sulfonamides is 1. The second-order valence-corrected chi connectivity index (χ2v) is 7.23. The largest absolute Gasteiger partial charge is 0.275 e. The number of anilines is 1. The van der Waals surface area contributed by atoms with E-state index >= 15 is 0 Å². The van der Waals surface area contributed by atoms with Crippen LogP contribution in [-0.2, 0) is 17.1 Å². The van der Waals surface area contributed by atoms with Crippen molar-refractivity contribution in [3.63, 3.8) is 0 Å². The molecule has 0 aliphatic carbocycles. The van der Waals surface area contributed by atoms with Gasteiger partial charge in [-0.3, -0.25) is 9.40 Å². The second-order valence-electron chi connectivity index (χ2n) is 4.80. The third-order valence-corrected chi connectivity index (χ3v) is 4.83. The predicted octanol–water partition coefficient (Wildman–Crippen LogP) is 2.96. The first-order valence-electron chi connectivity index (χ1n) is 6.72. The number of nitrogens with one attached hydrogen (secondary N) is 1. The van der Waals surface area contributed by atoms with Crippen LogP contribution in [0.4, 0.5) is 5.13 Å². The maximum Gasteiger partial charge on any atom is 0.256 e. The number of nitrogens with zero attached hydrogens (tertiary/aromatic N) is 3. The fraction of sp³-hybridized carbons (Fsp3) is 0.0667. The lowest BCUT2D eigenvalue weighted by atomic mass is 10.2. The monoisotopic (exact) mass is 346 g/mol. The van der Waals surface area contributed by atoms with Gasteiger partial charge >= 0.3 is 0 Å². The van der Waals surface area contributed by atoms with E-state index in [-0.39, 0.29) is 0 Å². The van der Waals surface area contributed by atoms with E-state index in [2.05, 4.69) is 14.8 Å². The summed E-state index contributed by atoms with van der Waals surface area (Å²) in [5, 5.41) is 7.31. The molecule has 0 atom stereocenters. The quantitative estimate of drug-likeness (QED) is 0.770. The Morgan fingerprint density at radius 3 is 2.74 bits per heavy atom. The van der Waals surface area contributed by atoms with E-state index in [0.29, 0.717) is 10.8 Å². The molecule has 3 rings (SSSR count). The minimum Gasteiger partial charge on any atom is -0.275 e. The molecule has 2 aromatic heterocycles. The highest BCUT2D eigenvalue weighted by molar-refractivity contribution is 7.95. The van der Waals surface area contributed by atoms with Gasteiger partial charge in [0.1, 0.15) is 0 Å². The van der Waals surface area contributed by atoms with E-state index in [1.165, 1.54) is 17.4 Å². The summed E-state index contributed by atoms with van der Waals surface area (Å²) in [5.74, 6) is 0. The summed E-state index contributed by atoms with van der Waals surface area (Å²) in [6, 6.07) is 9.23. The van der Waals surface area contributed by atoms with Crippen molar-refractivity contribution in [2.75, 3.05) is 4.72 Å². The first kappa shape index (κ1) is 15.4. The topological polar surface area (TPSA) is 76.9 Å². The molecule has 1 N–H and O–H groups in total. The highest BCUT2D eigenvalue weighted by Gasteiger charge is 2.11. The summed E-state index contributed by atoms with van der Waals surface area (Å²) in [7, 11) is -1.79. The molecule has 0 bridgehead atoms. The highest BCUT2D eigenvalue weighted by atomic mass is 32.2. The van der Waals surface area contributed by atoms with E-state index in [4.69, 9.17) is 0 Å². The molecule has 0 amide bonds. The number of aryl methyl sites for hydroxylation is 1. The van der Waals surface area contributed by atoms with Crippen LogP contribution in [-0.4, -0.2) is 23.2 Å². The van der Waals surface area contributed by atoms with Crippen LogP contribution in [0.2, 0.25) is 0 Å². The van der Waals surface area contributed by atoms with Gasteiger partial charge < -0.3 is 0 Å². The maximum atomic E-state index is 12.1. The average Bonchev–Trinajstić information content (AvgIpc) is 3.15. The van der Waals surface area contributed by atoms with Gasteiger partial charge in [0.2, 0.25) is 0 Å². The SMILES string of the molecule is Cn1cc(-c2csc(NS(=O)(=O)C=Cc3ccccc3)n2)cn1. The lowest BCUT2D eigenvalue weighted by molar-refractivity contribution is 0.609. The fourth-order valence-electron chi connectivity index (χ4n) is 1.89. The van der Waals surface area contributed by atoms with Crippen molar-refractivity contribution in [1.29, 1.82) is 0 Å². The number of hydrogen-bond acceptors (Lipinski definition) is 5. The first-order chi connectivity index (χ1) is 11.0. The molecule has 1 aromatic carbocycles. The van der Waals surface area contributed by atoms with Gasteiger partial charge in [0.15, 0.2) is 5.13 Å². The molecular formula is C15H14N4O2S2. The molecule has 0 aliphatic heterocycles. The molecular weight excluding hydrogens is 332 g/mol. The van der Waals surface area contributed by atoms with Crippen LogP contribution >= 0.6 is 11.3 Å². The Hall–Kier alpha value is -2.45. The Labute approximate surface area is 138 Å². The van der Waals surface area contributed by atoms with Gasteiger partial charge in [-0.2, -0.15) is 5.10 Å². The molecule has 3 aromatic rings. The molecule has 0 spiro atoms. The van der Waals surface area contributed by atoms with Crippen molar-refractivity contribution in [3.8, 4) is 11.3 Å². The average molecular weight is 346 g/mol. The zero-order valence-corrected chi connectivity index (χ0v) is 13.9. The van der Waals surface area contributed by atoms with E-state index in [1.54, 1.807) is 16.3 Å². The van der Waals surface area contributed by atoms with Crippen molar-refractivity contribution >= 4 is 32.6 Å². The summed E-state index contributed by atoms with van der Waals surface area (Å²) in [5.41, 5.74) is 2.34. The lowest BCUT2D eigenvalue weighted by Gasteiger charge is -1.99. The number of benzene rings is 1. The van der Waals surface area contributed by atoms with Crippen LogP contribution in [0.1, 0.15) is 5.56 Å².